The zero-order valence-electron chi connectivity index (χ0n) is 13.6. The van der Waals surface area contributed by atoms with E-state index in [0.29, 0.717) is 6.04 Å². The number of nitrogens with zero attached hydrogens (tertiary/aromatic N) is 1. The lowest BCUT2D eigenvalue weighted by Crippen LogP contribution is -2.25. The van der Waals surface area contributed by atoms with Crippen molar-refractivity contribution in [3.63, 3.8) is 0 Å². The van der Waals surface area contributed by atoms with Crippen molar-refractivity contribution in [1.29, 1.82) is 0 Å². The van der Waals surface area contributed by atoms with E-state index in [1.54, 1.807) is 0 Å². The molecule has 2 rings (SSSR count). The minimum Gasteiger partial charge on any atom is -0.382 e. The summed E-state index contributed by atoms with van der Waals surface area (Å²) in [5.74, 6) is 0. The summed E-state index contributed by atoms with van der Waals surface area (Å²) in [4.78, 5) is 2.49. The molecule has 0 spiro atoms. The molecular formula is C19H28N2. The number of rotatable bonds is 8. The largest absolute Gasteiger partial charge is 0.382 e. The minimum atomic E-state index is 0.506. The van der Waals surface area contributed by atoms with Gasteiger partial charge in [-0.05, 0) is 50.9 Å². The maximum Gasteiger partial charge on any atom is 0.0421 e. The van der Waals surface area contributed by atoms with Crippen LogP contribution in [0, 0.1) is 0 Å². The van der Waals surface area contributed by atoms with Gasteiger partial charge in [0.1, 0.15) is 0 Å². The van der Waals surface area contributed by atoms with Crippen LogP contribution in [0.5, 0.6) is 0 Å². The fourth-order valence-corrected chi connectivity index (χ4v) is 2.85. The quantitative estimate of drug-likeness (QED) is 0.751. The Bertz CT molecular complexity index is 541. The first-order valence-corrected chi connectivity index (χ1v) is 8.21. The highest BCUT2D eigenvalue weighted by molar-refractivity contribution is 5.93. The summed E-state index contributed by atoms with van der Waals surface area (Å²) in [5, 5.41) is 6.30. The third kappa shape index (κ3) is 4.47. The van der Waals surface area contributed by atoms with Gasteiger partial charge in [-0.3, -0.25) is 0 Å². The van der Waals surface area contributed by atoms with Crippen LogP contribution in [-0.2, 0) is 0 Å². The topological polar surface area (TPSA) is 15.3 Å². The molecule has 0 amide bonds. The van der Waals surface area contributed by atoms with Crippen LogP contribution in [0.15, 0.2) is 42.5 Å². The first-order chi connectivity index (χ1) is 10.2. The monoisotopic (exact) mass is 284 g/mol. The molecule has 0 bridgehead atoms. The molecule has 0 saturated carbocycles. The summed E-state index contributed by atoms with van der Waals surface area (Å²) in [6.07, 6.45) is 2.46. The van der Waals surface area contributed by atoms with Crippen LogP contribution in [0.25, 0.3) is 10.8 Å². The summed E-state index contributed by atoms with van der Waals surface area (Å²) in [6.45, 7) is 10.3. The maximum atomic E-state index is 3.68. The van der Waals surface area contributed by atoms with Gasteiger partial charge >= 0.3 is 0 Å². The second-order valence-corrected chi connectivity index (χ2v) is 5.74. The summed E-state index contributed by atoms with van der Waals surface area (Å²) in [5.41, 5.74) is 1.25. The fraction of sp³-hybridized carbons (Fsp3) is 0.474. The first kappa shape index (κ1) is 15.8. The molecule has 0 aliphatic carbocycles. The Morgan fingerprint density at radius 3 is 2.48 bits per heavy atom. The number of hydrogen-bond acceptors (Lipinski definition) is 2. The lowest BCUT2D eigenvalue weighted by Gasteiger charge is -2.21. The molecule has 1 N–H and O–H groups in total. The lowest BCUT2D eigenvalue weighted by atomic mass is 10.1. The Morgan fingerprint density at radius 1 is 1.00 bits per heavy atom. The van der Waals surface area contributed by atoms with Gasteiger partial charge < -0.3 is 10.2 Å². The molecule has 1 atom stereocenters. The van der Waals surface area contributed by atoms with Crippen molar-refractivity contribution in [1.82, 2.24) is 4.90 Å². The van der Waals surface area contributed by atoms with Crippen LogP contribution in [0.4, 0.5) is 5.69 Å². The van der Waals surface area contributed by atoms with Gasteiger partial charge in [0.05, 0.1) is 0 Å². The molecule has 2 nitrogen and oxygen atoms in total. The minimum absolute atomic E-state index is 0.506. The van der Waals surface area contributed by atoms with Crippen LogP contribution >= 0.6 is 0 Å². The van der Waals surface area contributed by atoms with Gasteiger partial charge in [0.15, 0.2) is 0 Å². The molecule has 114 valence electrons. The Balaban J connectivity index is 1.91. The van der Waals surface area contributed by atoms with E-state index in [2.05, 4.69) is 73.5 Å². The van der Waals surface area contributed by atoms with Crippen LogP contribution in [-0.4, -0.2) is 30.6 Å². The Kier molecular flexibility index (Phi) is 6.06. The molecule has 2 heteroatoms. The van der Waals surface area contributed by atoms with E-state index in [1.165, 1.54) is 35.8 Å². The fourth-order valence-electron chi connectivity index (χ4n) is 2.85. The summed E-state index contributed by atoms with van der Waals surface area (Å²) in [6, 6.07) is 15.6. The average molecular weight is 284 g/mol. The van der Waals surface area contributed by atoms with Crippen LogP contribution in [0.1, 0.15) is 33.6 Å². The highest BCUT2D eigenvalue weighted by Crippen LogP contribution is 2.24. The van der Waals surface area contributed by atoms with Gasteiger partial charge in [0.25, 0.3) is 0 Å². The van der Waals surface area contributed by atoms with Gasteiger partial charge in [-0.2, -0.15) is 0 Å². The predicted molar refractivity (Wildman–Crippen MR) is 94.1 cm³/mol. The average Bonchev–Trinajstić information content (AvgIpc) is 2.52. The third-order valence-corrected chi connectivity index (χ3v) is 4.20. The predicted octanol–water partition coefficient (Wildman–Crippen LogP) is 4.76. The number of nitrogens with one attached hydrogen (secondary N) is 1. The molecule has 0 aromatic heterocycles. The normalized spacial score (nSPS) is 12.8. The van der Waals surface area contributed by atoms with Crippen molar-refractivity contribution < 1.29 is 0 Å². The number of anilines is 1. The van der Waals surface area contributed by atoms with E-state index in [4.69, 9.17) is 0 Å². The molecule has 21 heavy (non-hydrogen) atoms. The van der Waals surface area contributed by atoms with Crippen LogP contribution in [0.3, 0.4) is 0 Å². The Labute approximate surface area is 129 Å². The molecule has 0 heterocycles. The highest BCUT2D eigenvalue weighted by atomic mass is 15.1. The lowest BCUT2D eigenvalue weighted by molar-refractivity contribution is 0.295. The molecule has 0 aliphatic rings. The molecule has 2 aromatic rings. The standard InChI is InChI=1S/C19H28N2/c1-4-21(5-2)15-9-10-16(3)20-19-14-8-12-17-11-6-7-13-18(17)19/h6-8,11-14,16,20H,4-5,9-10,15H2,1-3H3. The summed E-state index contributed by atoms with van der Waals surface area (Å²) >= 11 is 0. The molecule has 0 aliphatic heterocycles. The van der Waals surface area contributed by atoms with Gasteiger partial charge in [-0.1, -0.05) is 50.2 Å². The second-order valence-electron chi connectivity index (χ2n) is 5.74. The van der Waals surface area contributed by atoms with E-state index < -0.39 is 0 Å². The highest BCUT2D eigenvalue weighted by Gasteiger charge is 2.06. The molecule has 2 aromatic carbocycles. The van der Waals surface area contributed by atoms with Gasteiger partial charge in [0.2, 0.25) is 0 Å². The zero-order valence-corrected chi connectivity index (χ0v) is 13.6. The van der Waals surface area contributed by atoms with E-state index in [0.717, 1.165) is 13.1 Å². The van der Waals surface area contributed by atoms with Crippen molar-refractivity contribution in [2.24, 2.45) is 0 Å². The van der Waals surface area contributed by atoms with Crippen molar-refractivity contribution in [2.75, 3.05) is 25.0 Å². The summed E-state index contributed by atoms with van der Waals surface area (Å²) in [7, 11) is 0. The molecule has 0 fully saturated rings. The van der Waals surface area contributed by atoms with Crippen LogP contribution < -0.4 is 5.32 Å². The smallest absolute Gasteiger partial charge is 0.0421 e. The van der Waals surface area contributed by atoms with E-state index in [-0.39, 0.29) is 0 Å². The number of benzene rings is 2. The van der Waals surface area contributed by atoms with E-state index >= 15 is 0 Å². The molecule has 0 radical (unpaired) electrons. The van der Waals surface area contributed by atoms with E-state index in [9.17, 15) is 0 Å². The maximum absolute atomic E-state index is 3.68. The van der Waals surface area contributed by atoms with Crippen molar-refractivity contribution >= 4 is 16.5 Å². The van der Waals surface area contributed by atoms with Gasteiger partial charge in [-0.15, -0.1) is 0 Å². The zero-order chi connectivity index (χ0) is 15.1. The third-order valence-electron chi connectivity index (χ3n) is 4.20. The molecule has 0 saturated heterocycles. The first-order valence-electron chi connectivity index (χ1n) is 8.21. The van der Waals surface area contributed by atoms with E-state index in [1.807, 2.05) is 0 Å². The van der Waals surface area contributed by atoms with Crippen molar-refractivity contribution in [3.8, 4) is 0 Å². The van der Waals surface area contributed by atoms with Crippen molar-refractivity contribution in [2.45, 2.75) is 39.7 Å². The van der Waals surface area contributed by atoms with Gasteiger partial charge in [-0.25, -0.2) is 0 Å². The SMILES string of the molecule is CCN(CC)CCCC(C)Nc1cccc2ccccc12. The Hall–Kier alpha value is -1.54. The second kappa shape index (κ2) is 8.04. The van der Waals surface area contributed by atoms with Crippen molar-refractivity contribution in [3.05, 3.63) is 42.5 Å². The molecular weight excluding hydrogens is 256 g/mol. The number of fused-ring (bicyclic) bond motifs is 1. The Morgan fingerprint density at radius 2 is 1.71 bits per heavy atom. The number of hydrogen-bond donors (Lipinski definition) is 1. The molecule has 1 unspecified atom stereocenters. The summed E-state index contributed by atoms with van der Waals surface area (Å²) < 4.78 is 0. The van der Waals surface area contributed by atoms with Crippen LogP contribution in [0.2, 0.25) is 0 Å². The van der Waals surface area contributed by atoms with Gasteiger partial charge in [0, 0.05) is 17.1 Å².